The minimum Gasteiger partial charge on any atom is -0.484 e. The number of halogens is 1. The van der Waals surface area contributed by atoms with E-state index >= 15 is 0 Å². The second-order valence-electron chi connectivity index (χ2n) is 3.44. The van der Waals surface area contributed by atoms with Gasteiger partial charge in [0.2, 0.25) is 0 Å². The number of carbonyl (C=O) groups is 1. The standard InChI is InChI=1S/C11H12FNO3/c12-9-2-1-3-10(6-9)16-7-11(14)13-4-5-15-8-13/h1-3,6H,4-5,7-8H2. The first-order chi connectivity index (χ1) is 7.75. The van der Waals surface area contributed by atoms with Gasteiger partial charge in [-0.1, -0.05) is 6.07 Å². The molecule has 16 heavy (non-hydrogen) atoms. The van der Waals surface area contributed by atoms with Crippen molar-refractivity contribution in [3.05, 3.63) is 30.1 Å². The number of hydrogen-bond acceptors (Lipinski definition) is 3. The second kappa shape index (κ2) is 4.94. The lowest BCUT2D eigenvalue weighted by atomic mass is 10.3. The maximum Gasteiger partial charge on any atom is 0.262 e. The normalized spacial score (nSPS) is 15.2. The highest BCUT2D eigenvalue weighted by Gasteiger charge is 2.18. The largest absolute Gasteiger partial charge is 0.484 e. The summed E-state index contributed by atoms with van der Waals surface area (Å²) in [5.74, 6) is -0.176. The quantitative estimate of drug-likeness (QED) is 0.771. The molecule has 1 heterocycles. The van der Waals surface area contributed by atoms with E-state index in [0.29, 0.717) is 25.6 Å². The van der Waals surface area contributed by atoms with Crippen LogP contribution in [-0.4, -0.2) is 37.3 Å². The Bertz CT molecular complexity index is 377. The van der Waals surface area contributed by atoms with Crippen molar-refractivity contribution in [1.29, 1.82) is 0 Å². The molecule has 0 aliphatic carbocycles. The molecule has 0 aromatic heterocycles. The van der Waals surface area contributed by atoms with E-state index in [1.807, 2.05) is 0 Å². The molecule has 0 unspecified atom stereocenters. The van der Waals surface area contributed by atoms with E-state index in [2.05, 4.69) is 0 Å². The van der Waals surface area contributed by atoms with Crippen molar-refractivity contribution in [3.63, 3.8) is 0 Å². The summed E-state index contributed by atoms with van der Waals surface area (Å²) in [6.07, 6.45) is 0. The zero-order valence-electron chi connectivity index (χ0n) is 8.69. The van der Waals surface area contributed by atoms with Crippen LogP contribution in [0.2, 0.25) is 0 Å². The zero-order valence-corrected chi connectivity index (χ0v) is 8.69. The van der Waals surface area contributed by atoms with Gasteiger partial charge < -0.3 is 14.4 Å². The lowest BCUT2D eigenvalue weighted by molar-refractivity contribution is -0.133. The predicted molar refractivity (Wildman–Crippen MR) is 54.4 cm³/mol. The topological polar surface area (TPSA) is 38.8 Å². The fourth-order valence-corrected chi connectivity index (χ4v) is 1.40. The van der Waals surface area contributed by atoms with Gasteiger partial charge in [-0.05, 0) is 12.1 Å². The molecule has 1 aromatic carbocycles. The van der Waals surface area contributed by atoms with Crippen molar-refractivity contribution in [2.75, 3.05) is 26.5 Å². The van der Waals surface area contributed by atoms with Gasteiger partial charge in [0.05, 0.1) is 6.61 Å². The van der Waals surface area contributed by atoms with Crippen LogP contribution in [0, 0.1) is 5.82 Å². The molecule has 1 amide bonds. The number of hydrogen-bond donors (Lipinski definition) is 0. The molecule has 1 aliphatic heterocycles. The average Bonchev–Trinajstić information content (AvgIpc) is 2.79. The molecule has 0 bridgehead atoms. The summed E-state index contributed by atoms with van der Waals surface area (Å²) in [6.45, 7) is 1.37. The van der Waals surface area contributed by atoms with Crippen LogP contribution in [0.25, 0.3) is 0 Å². The fourth-order valence-electron chi connectivity index (χ4n) is 1.40. The van der Waals surface area contributed by atoms with Gasteiger partial charge in [-0.2, -0.15) is 0 Å². The van der Waals surface area contributed by atoms with Crippen LogP contribution in [0.1, 0.15) is 0 Å². The minimum absolute atomic E-state index is 0.0905. The third kappa shape index (κ3) is 2.70. The summed E-state index contributed by atoms with van der Waals surface area (Å²) >= 11 is 0. The van der Waals surface area contributed by atoms with E-state index in [9.17, 15) is 9.18 Å². The third-order valence-corrected chi connectivity index (χ3v) is 2.26. The first-order valence-electron chi connectivity index (χ1n) is 4.99. The van der Waals surface area contributed by atoms with Gasteiger partial charge >= 0.3 is 0 Å². The first-order valence-corrected chi connectivity index (χ1v) is 4.99. The second-order valence-corrected chi connectivity index (χ2v) is 3.44. The predicted octanol–water partition coefficient (Wildman–Crippen LogP) is 1.02. The van der Waals surface area contributed by atoms with E-state index in [-0.39, 0.29) is 18.3 Å². The van der Waals surface area contributed by atoms with E-state index in [1.165, 1.54) is 18.2 Å². The van der Waals surface area contributed by atoms with Crippen LogP contribution >= 0.6 is 0 Å². The molecular weight excluding hydrogens is 213 g/mol. The molecule has 2 rings (SSSR count). The average molecular weight is 225 g/mol. The summed E-state index contributed by atoms with van der Waals surface area (Å²) in [5.41, 5.74) is 0. The molecule has 86 valence electrons. The third-order valence-electron chi connectivity index (χ3n) is 2.26. The van der Waals surface area contributed by atoms with E-state index in [0.717, 1.165) is 0 Å². The van der Waals surface area contributed by atoms with Crippen LogP contribution in [0.4, 0.5) is 4.39 Å². The molecule has 1 aromatic rings. The summed E-state index contributed by atoms with van der Waals surface area (Å²) in [7, 11) is 0. The Balaban J connectivity index is 1.84. The Morgan fingerprint density at radius 2 is 2.44 bits per heavy atom. The molecule has 1 saturated heterocycles. The van der Waals surface area contributed by atoms with Crippen LogP contribution in [0.5, 0.6) is 5.75 Å². The Morgan fingerprint density at radius 1 is 1.56 bits per heavy atom. The first kappa shape index (κ1) is 10.9. The molecule has 1 fully saturated rings. The van der Waals surface area contributed by atoms with Crippen molar-refractivity contribution in [2.45, 2.75) is 0 Å². The van der Waals surface area contributed by atoms with E-state index in [4.69, 9.17) is 9.47 Å². The SMILES string of the molecule is O=C(COc1cccc(F)c1)N1CCOC1. The molecular formula is C11H12FNO3. The molecule has 0 atom stereocenters. The van der Waals surface area contributed by atoms with Gasteiger partial charge in [0.15, 0.2) is 6.61 Å². The molecule has 0 radical (unpaired) electrons. The van der Waals surface area contributed by atoms with Gasteiger partial charge in [0.25, 0.3) is 5.91 Å². The monoisotopic (exact) mass is 225 g/mol. The number of nitrogens with zero attached hydrogens (tertiary/aromatic N) is 1. The number of ether oxygens (including phenoxy) is 2. The maximum atomic E-state index is 12.8. The molecule has 1 aliphatic rings. The number of rotatable bonds is 3. The number of amides is 1. The zero-order chi connectivity index (χ0) is 11.4. The molecule has 0 N–H and O–H groups in total. The van der Waals surface area contributed by atoms with Gasteiger partial charge in [-0.15, -0.1) is 0 Å². The molecule has 5 heteroatoms. The van der Waals surface area contributed by atoms with Crippen molar-refractivity contribution in [3.8, 4) is 5.75 Å². The highest BCUT2D eigenvalue weighted by molar-refractivity contribution is 5.77. The smallest absolute Gasteiger partial charge is 0.262 e. The molecule has 0 spiro atoms. The summed E-state index contributed by atoms with van der Waals surface area (Å²) in [6, 6.07) is 5.71. The lowest BCUT2D eigenvalue weighted by Gasteiger charge is -2.13. The van der Waals surface area contributed by atoms with Gasteiger partial charge in [-0.25, -0.2) is 4.39 Å². The number of carbonyl (C=O) groups excluding carboxylic acids is 1. The van der Waals surface area contributed by atoms with E-state index in [1.54, 1.807) is 11.0 Å². The van der Waals surface area contributed by atoms with Crippen molar-refractivity contribution >= 4 is 5.91 Å². The number of benzene rings is 1. The molecule has 4 nitrogen and oxygen atoms in total. The summed E-state index contributed by atoms with van der Waals surface area (Å²) in [4.78, 5) is 13.1. The Labute approximate surface area is 92.6 Å². The Kier molecular flexibility index (Phi) is 3.36. The summed E-state index contributed by atoms with van der Waals surface area (Å²) < 4.78 is 23.0. The van der Waals surface area contributed by atoms with Gasteiger partial charge in [0, 0.05) is 12.6 Å². The van der Waals surface area contributed by atoms with Crippen LogP contribution in [0.15, 0.2) is 24.3 Å². The Morgan fingerprint density at radius 3 is 3.12 bits per heavy atom. The van der Waals surface area contributed by atoms with Crippen LogP contribution in [-0.2, 0) is 9.53 Å². The van der Waals surface area contributed by atoms with Crippen LogP contribution in [0.3, 0.4) is 0 Å². The van der Waals surface area contributed by atoms with Crippen molar-refractivity contribution in [1.82, 2.24) is 4.90 Å². The van der Waals surface area contributed by atoms with Gasteiger partial charge in [0.1, 0.15) is 18.3 Å². The Hall–Kier alpha value is -1.62. The van der Waals surface area contributed by atoms with Gasteiger partial charge in [-0.3, -0.25) is 4.79 Å². The molecule has 0 saturated carbocycles. The van der Waals surface area contributed by atoms with E-state index < -0.39 is 0 Å². The van der Waals surface area contributed by atoms with Crippen molar-refractivity contribution < 1.29 is 18.7 Å². The van der Waals surface area contributed by atoms with Crippen LogP contribution < -0.4 is 4.74 Å². The highest BCUT2D eigenvalue weighted by atomic mass is 19.1. The summed E-state index contributed by atoms with van der Waals surface area (Å²) in [5, 5.41) is 0. The fraction of sp³-hybridized carbons (Fsp3) is 0.364. The lowest BCUT2D eigenvalue weighted by Crippen LogP contribution is -2.32. The maximum absolute atomic E-state index is 12.8. The van der Waals surface area contributed by atoms with Crippen molar-refractivity contribution in [2.24, 2.45) is 0 Å². The highest BCUT2D eigenvalue weighted by Crippen LogP contribution is 2.12. The minimum atomic E-state index is -0.380.